The highest BCUT2D eigenvalue weighted by Crippen LogP contribution is 2.21. The van der Waals surface area contributed by atoms with E-state index in [1.165, 1.54) is 36.0 Å². The van der Waals surface area contributed by atoms with Crippen molar-refractivity contribution in [1.82, 2.24) is 0 Å². The summed E-state index contributed by atoms with van der Waals surface area (Å²) in [5.41, 5.74) is 3.82. The summed E-state index contributed by atoms with van der Waals surface area (Å²) in [4.78, 5) is 10.3. The van der Waals surface area contributed by atoms with E-state index in [9.17, 15) is 4.79 Å². The summed E-state index contributed by atoms with van der Waals surface area (Å²) < 4.78 is 5.98. The smallest absolute Gasteiger partial charge is 0.306 e. The van der Waals surface area contributed by atoms with E-state index in [1.807, 2.05) is 19.9 Å². The molecule has 0 radical (unpaired) electrons. The number of benzene rings is 2. The number of ether oxygens (including phenoxy) is 1. The average molecular weight is 429 g/mol. The summed E-state index contributed by atoms with van der Waals surface area (Å²) in [6.45, 7) is 13.1. The minimum absolute atomic E-state index is 0.116. The van der Waals surface area contributed by atoms with Crippen LogP contribution in [0, 0.1) is 12.8 Å². The predicted molar refractivity (Wildman–Crippen MR) is 133 cm³/mol. The molecule has 1 N–H and O–H groups in total. The molecule has 174 valence electrons. The summed E-state index contributed by atoms with van der Waals surface area (Å²) in [5.74, 6) is 0.256. The third kappa shape index (κ3) is 13.6. The fraction of sp³-hybridized carbons (Fsp3) is 0.536. The van der Waals surface area contributed by atoms with Gasteiger partial charge in [0.1, 0.15) is 12.4 Å². The highest BCUT2D eigenvalue weighted by Gasteiger charge is 2.12. The van der Waals surface area contributed by atoms with E-state index in [2.05, 4.69) is 70.2 Å². The van der Waals surface area contributed by atoms with E-state index < -0.39 is 5.97 Å². The average Bonchev–Trinajstić information content (AvgIpc) is 2.76. The van der Waals surface area contributed by atoms with Crippen LogP contribution in [0.4, 0.5) is 0 Å². The summed E-state index contributed by atoms with van der Waals surface area (Å²) in [6.07, 6.45) is 7.30. The van der Waals surface area contributed by atoms with Gasteiger partial charge in [0.25, 0.3) is 0 Å². The van der Waals surface area contributed by atoms with Gasteiger partial charge in [-0.3, -0.25) is 4.79 Å². The molecule has 2 rings (SSSR count). The third-order valence-corrected chi connectivity index (χ3v) is 4.73. The second-order valence-corrected chi connectivity index (χ2v) is 7.93. The first-order valence-corrected chi connectivity index (χ1v) is 11.9. The lowest BCUT2D eigenvalue weighted by Crippen LogP contribution is -2.11. The van der Waals surface area contributed by atoms with Crippen molar-refractivity contribution in [2.45, 2.75) is 93.1 Å². The van der Waals surface area contributed by atoms with Crippen molar-refractivity contribution in [3.63, 3.8) is 0 Å². The van der Waals surface area contributed by atoms with Crippen molar-refractivity contribution in [2.75, 3.05) is 0 Å². The first kappa shape index (κ1) is 28.7. The third-order valence-electron chi connectivity index (χ3n) is 4.73. The van der Waals surface area contributed by atoms with Crippen LogP contribution in [0.15, 0.2) is 48.5 Å². The molecule has 31 heavy (non-hydrogen) atoms. The standard InChI is InChI=1S/C18H22O.C7H14O2.C3H8/c1-3-4-10-17-11-5-6-12-18(17)19-14-16-9-7-8-15(2)13-16;1-3-5-6(4-2)7(8)9;1-3-2/h5-9,11-13H,3-4,10,14H2,1-2H3;6H,3-5H2,1-2H3,(H,8,9);3H2,1-2H3/t;6-;/m.0./s1. The number of para-hydroxylation sites is 1. The zero-order valence-electron chi connectivity index (χ0n) is 20.6. The van der Waals surface area contributed by atoms with Gasteiger partial charge in [0.15, 0.2) is 0 Å². The molecule has 1 atom stereocenters. The summed E-state index contributed by atoms with van der Waals surface area (Å²) in [5, 5.41) is 8.50. The summed E-state index contributed by atoms with van der Waals surface area (Å²) in [6, 6.07) is 16.8. The first-order valence-electron chi connectivity index (χ1n) is 11.9. The lowest BCUT2D eigenvalue weighted by Gasteiger charge is -2.11. The van der Waals surface area contributed by atoms with Crippen LogP contribution in [-0.2, 0) is 17.8 Å². The van der Waals surface area contributed by atoms with Crippen molar-refractivity contribution in [2.24, 2.45) is 5.92 Å². The van der Waals surface area contributed by atoms with Gasteiger partial charge in [0, 0.05) is 0 Å². The van der Waals surface area contributed by atoms with E-state index in [-0.39, 0.29) is 5.92 Å². The van der Waals surface area contributed by atoms with Gasteiger partial charge >= 0.3 is 5.97 Å². The molecule has 0 aromatic heterocycles. The van der Waals surface area contributed by atoms with Crippen LogP contribution >= 0.6 is 0 Å². The van der Waals surface area contributed by atoms with Gasteiger partial charge in [0.05, 0.1) is 5.92 Å². The fourth-order valence-corrected chi connectivity index (χ4v) is 3.03. The van der Waals surface area contributed by atoms with Gasteiger partial charge in [-0.05, 0) is 49.8 Å². The molecule has 0 heterocycles. The number of rotatable bonds is 10. The van der Waals surface area contributed by atoms with E-state index >= 15 is 0 Å². The number of carbonyl (C=O) groups is 1. The normalized spacial score (nSPS) is 10.8. The van der Waals surface area contributed by atoms with Crippen molar-refractivity contribution in [3.05, 3.63) is 65.2 Å². The summed E-state index contributed by atoms with van der Waals surface area (Å²) in [7, 11) is 0. The van der Waals surface area contributed by atoms with Crippen molar-refractivity contribution < 1.29 is 14.6 Å². The Labute approximate surface area is 190 Å². The van der Waals surface area contributed by atoms with Crippen molar-refractivity contribution in [3.8, 4) is 5.75 Å². The Hall–Kier alpha value is -2.29. The Morgan fingerprint density at radius 1 is 0.968 bits per heavy atom. The first-order chi connectivity index (χ1) is 14.9. The van der Waals surface area contributed by atoms with Crippen LogP contribution in [0.5, 0.6) is 5.75 Å². The second kappa shape index (κ2) is 18.5. The van der Waals surface area contributed by atoms with Gasteiger partial charge in [-0.2, -0.15) is 0 Å². The molecule has 0 saturated carbocycles. The number of carboxylic acids is 1. The van der Waals surface area contributed by atoms with E-state index in [0.29, 0.717) is 6.61 Å². The van der Waals surface area contributed by atoms with Crippen molar-refractivity contribution >= 4 is 5.97 Å². The Kier molecular flexibility index (Phi) is 17.1. The van der Waals surface area contributed by atoms with Crippen LogP contribution in [0.1, 0.15) is 89.8 Å². The number of unbranched alkanes of at least 4 members (excludes halogenated alkanes) is 1. The Morgan fingerprint density at radius 3 is 2.16 bits per heavy atom. The highest BCUT2D eigenvalue weighted by atomic mass is 16.5. The SMILES string of the molecule is CCC.CCCCc1ccccc1OCc1cccc(C)c1.CCC[C@H](CC)C(=O)O. The lowest BCUT2D eigenvalue weighted by atomic mass is 10.0. The molecule has 2 aromatic carbocycles. The zero-order chi connectivity index (χ0) is 23.5. The Bertz CT molecular complexity index is 709. The number of hydrogen-bond donors (Lipinski definition) is 1. The monoisotopic (exact) mass is 428 g/mol. The molecular formula is C28H44O3. The molecule has 0 aliphatic rings. The van der Waals surface area contributed by atoms with E-state index in [4.69, 9.17) is 9.84 Å². The van der Waals surface area contributed by atoms with Gasteiger partial charge in [0.2, 0.25) is 0 Å². The molecule has 0 amide bonds. The number of hydrogen-bond acceptors (Lipinski definition) is 2. The number of carboxylic acid groups (broad SMARTS) is 1. The van der Waals surface area contributed by atoms with Crippen LogP contribution in [0.25, 0.3) is 0 Å². The maximum atomic E-state index is 10.3. The lowest BCUT2D eigenvalue weighted by molar-refractivity contribution is -0.142. The zero-order valence-corrected chi connectivity index (χ0v) is 20.6. The quantitative estimate of drug-likeness (QED) is 0.414. The minimum atomic E-state index is -0.653. The molecule has 0 fully saturated rings. The number of aliphatic carboxylic acids is 1. The van der Waals surface area contributed by atoms with Gasteiger partial charge < -0.3 is 9.84 Å². The largest absolute Gasteiger partial charge is 0.489 e. The Balaban J connectivity index is 0.000000631. The maximum Gasteiger partial charge on any atom is 0.306 e. The van der Waals surface area contributed by atoms with Crippen LogP contribution in [0.2, 0.25) is 0 Å². The topological polar surface area (TPSA) is 46.5 Å². The highest BCUT2D eigenvalue weighted by molar-refractivity contribution is 5.69. The maximum absolute atomic E-state index is 10.3. The molecule has 2 aromatic rings. The van der Waals surface area contributed by atoms with Crippen molar-refractivity contribution in [1.29, 1.82) is 0 Å². The second-order valence-electron chi connectivity index (χ2n) is 7.93. The number of aryl methyl sites for hydroxylation is 2. The predicted octanol–water partition coefficient (Wildman–Crippen LogP) is 8.23. The van der Waals surface area contributed by atoms with Crippen LogP contribution in [-0.4, -0.2) is 11.1 Å². The van der Waals surface area contributed by atoms with Crippen LogP contribution < -0.4 is 4.74 Å². The molecule has 3 heteroatoms. The van der Waals surface area contributed by atoms with E-state index in [0.717, 1.165) is 31.4 Å². The van der Waals surface area contributed by atoms with Crippen LogP contribution in [0.3, 0.4) is 0 Å². The van der Waals surface area contributed by atoms with Gasteiger partial charge in [-0.25, -0.2) is 0 Å². The summed E-state index contributed by atoms with van der Waals surface area (Å²) >= 11 is 0. The van der Waals surface area contributed by atoms with Gasteiger partial charge in [-0.15, -0.1) is 0 Å². The Morgan fingerprint density at radius 2 is 1.65 bits per heavy atom. The fourth-order valence-electron chi connectivity index (χ4n) is 3.03. The molecule has 0 saturated heterocycles. The molecule has 0 unspecified atom stereocenters. The minimum Gasteiger partial charge on any atom is -0.489 e. The molecule has 0 aliphatic heterocycles. The molecule has 3 nitrogen and oxygen atoms in total. The molecule has 0 aliphatic carbocycles. The molecular weight excluding hydrogens is 384 g/mol. The van der Waals surface area contributed by atoms with Gasteiger partial charge in [-0.1, -0.05) is 102 Å². The molecule has 0 spiro atoms. The molecule has 0 bridgehead atoms. The van der Waals surface area contributed by atoms with E-state index in [1.54, 1.807) is 0 Å².